The van der Waals surface area contributed by atoms with Crippen molar-refractivity contribution in [1.29, 1.82) is 0 Å². The summed E-state index contributed by atoms with van der Waals surface area (Å²) >= 11 is 0. The number of hydrogen-bond donors (Lipinski definition) is 1. The van der Waals surface area contributed by atoms with Gasteiger partial charge in [0, 0.05) is 29.2 Å². The normalized spacial score (nSPS) is 16.8. The van der Waals surface area contributed by atoms with E-state index >= 15 is 0 Å². The summed E-state index contributed by atoms with van der Waals surface area (Å²) in [6, 6.07) is 16.3. The van der Waals surface area contributed by atoms with Gasteiger partial charge in [-0.15, -0.1) is 0 Å². The Labute approximate surface area is 185 Å². The van der Waals surface area contributed by atoms with Crippen molar-refractivity contribution in [2.45, 2.75) is 19.9 Å². The summed E-state index contributed by atoms with van der Waals surface area (Å²) in [5.41, 5.74) is 4.42. The number of aryl methyl sites for hydroxylation is 1. The Morgan fingerprint density at radius 2 is 1.97 bits per heavy atom. The fourth-order valence-corrected chi connectivity index (χ4v) is 4.35. The average molecular weight is 425 g/mol. The van der Waals surface area contributed by atoms with Crippen molar-refractivity contribution in [1.82, 2.24) is 19.9 Å². The number of rotatable bonds is 3. The molecule has 1 atom stereocenters. The first-order valence-electron chi connectivity index (χ1n) is 10.8. The van der Waals surface area contributed by atoms with Crippen LogP contribution in [0.25, 0.3) is 44.8 Å². The van der Waals surface area contributed by atoms with Crippen LogP contribution in [-0.4, -0.2) is 45.7 Å². The number of nitrogens with zero attached hydrogens (tertiary/aromatic N) is 4. The molecule has 4 aromatic heterocycles. The maximum Gasteiger partial charge on any atom is 0.162 e. The van der Waals surface area contributed by atoms with Gasteiger partial charge in [0.2, 0.25) is 0 Å². The SMILES string of the molecule is Cc1ccc(-c2ccc3nc(-c4cccc5[nH]ccc45)nc(N4CCOC[C@H]4C)c3n2)o1. The lowest BCUT2D eigenvalue weighted by atomic mass is 10.1. The lowest BCUT2D eigenvalue weighted by Gasteiger charge is -2.34. The number of pyridine rings is 1. The van der Waals surface area contributed by atoms with Gasteiger partial charge >= 0.3 is 0 Å². The smallest absolute Gasteiger partial charge is 0.162 e. The van der Waals surface area contributed by atoms with Crippen molar-refractivity contribution >= 4 is 27.8 Å². The Hall–Kier alpha value is -3.71. The van der Waals surface area contributed by atoms with Crippen LogP contribution in [0.4, 0.5) is 5.82 Å². The summed E-state index contributed by atoms with van der Waals surface area (Å²) < 4.78 is 11.5. The molecular weight excluding hydrogens is 402 g/mol. The second-order valence-electron chi connectivity index (χ2n) is 8.21. The van der Waals surface area contributed by atoms with E-state index in [1.54, 1.807) is 0 Å². The molecule has 0 unspecified atom stereocenters. The third-order valence-electron chi connectivity index (χ3n) is 5.99. The molecule has 5 heterocycles. The maximum absolute atomic E-state index is 5.82. The second-order valence-corrected chi connectivity index (χ2v) is 8.21. The molecule has 160 valence electrons. The summed E-state index contributed by atoms with van der Waals surface area (Å²) in [7, 11) is 0. The molecule has 1 aliphatic rings. The van der Waals surface area contributed by atoms with Crippen molar-refractivity contribution in [2.24, 2.45) is 0 Å². The zero-order valence-electron chi connectivity index (χ0n) is 18.0. The van der Waals surface area contributed by atoms with Crippen LogP contribution in [0.2, 0.25) is 0 Å². The Kier molecular flexibility index (Phi) is 4.43. The number of aromatic amines is 1. The van der Waals surface area contributed by atoms with Crippen LogP contribution < -0.4 is 4.90 Å². The Morgan fingerprint density at radius 3 is 2.81 bits per heavy atom. The molecule has 0 saturated carbocycles. The molecule has 1 aromatic carbocycles. The van der Waals surface area contributed by atoms with Crippen LogP contribution in [0.1, 0.15) is 12.7 Å². The number of nitrogens with one attached hydrogen (secondary N) is 1. The first-order valence-corrected chi connectivity index (χ1v) is 10.8. The number of hydrogen-bond acceptors (Lipinski definition) is 6. The van der Waals surface area contributed by atoms with Crippen LogP contribution >= 0.6 is 0 Å². The average Bonchev–Trinajstić information content (AvgIpc) is 3.47. The molecular formula is C25H23N5O2. The summed E-state index contributed by atoms with van der Waals surface area (Å²) in [6.45, 7) is 6.16. The molecule has 1 N–H and O–H groups in total. The monoisotopic (exact) mass is 425 g/mol. The minimum atomic E-state index is 0.189. The lowest BCUT2D eigenvalue weighted by Crippen LogP contribution is -2.44. The highest BCUT2D eigenvalue weighted by Crippen LogP contribution is 2.33. The van der Waals surface area contributed by atoms with Gasteiger partial charge in [-0.25, -0.2) is 15.0 Å². The standard InChI is InChI=1S/C25H23N5O2/c1-15-14-31-13-12-30(15)25-23-21(8-7-20(27-23)22-9-6-16(2)32-22)28-24(29-25)18-4-3-5-19-17(18)10-11-26-19/h3-11,15,26H,12-14H2,1-2H3/t15-/m1/s1. The van der Waals surface area contributed by atoms with E-state index in [1.165, 1.54) is 0 Å². The van der Waals surface area contributed by atoms with Crippen LogP contribution in [0.5, 0.6) is 0 Å². The van der Waals surface area contributed by atoms with Gasteiger partial charge in [-0.1, -0.05) is 12.1 Å². The van der Waals surface area contributed by atoms with E-state index in [1.807, 2.05) is 43.5 Å². The number of aromatic nitrogens is 4. The van der Waals surface area contributed by atoms with Crippen LogP contribution in [0, 0.1) is 6.92 Å². The third kappa shape index (κ3) is 3.13. The van der Waals surface area contributed by atoms with E-state index in [2.05, 4.69) is 35.0 Å². The minimum absolute atomic E-state index is 0.189. The van der Waals surface area contributed by atoms with Gasteiger partial charge in [0.25, 0.3) is 0 Å². The van der Waals surface area contributed by atoms with Gasteiger partial charge < -0.3 is 19.0 Å². The summed E-state index contributed by atoms with van der Waals surface area (Å²) in [6.07, 6.45) is 1.94. The largest absolute Gasteiger partial charge is 0.460 e. The topological polar surface area (TPSA) is 80.1 Å². The quantitative estimate of drug-likeness (QED) is 0.440. The predicted molar refractivity (Wildman–Crippen MR) is 125 cm³/mol. The van der Waals surface area contributed by atoms with Crippen LogP contribution in [-0.2, 0) is 4.74 Å². The molecule has 0 bridgehead atoms. The van der Waals surface area contributed by atoms with Crippen molar-refractivity contribution < 1.29 is 9.15 Å². The summed E-state index contributed by atoms with van der Waals surface area (Å²) in [5, 5.41) is 1.10. The number of H-pyrrole nitrogens is 1. The van der Waals surface area contributed by atoms with Gasteiger partial charge in [-0.3, -0.25) is 0 Å². The summed E-state index contributed by atoms with van der Waals surface area (Å²) in [5.74, 6) is 3.12. The summed E-state index contributed by atoms with van der Waals surface area (Å²) in [4.78, 5) is 20.5. The molecule has 6 rings (SSSR count). The Morgan fingerprint density at radius 1 is 1.03 bits per heavy atom. The van der Waals surface area contributed by atoms with Gasteiger partial charge in [-0.05, 0) is 50.2 Å². The van der Waals surface area contributed by atoms with Crippen molar-refractivity contribution in [3.8, 4) is 22.8 Å². The van der Waals surface area contributed by atoms with E-state index < -0.39 is 0 Å². The molecule has 0 spiro atoms. The van der Waals surface area contributed by atoms with E-state index in [4.69, 9.17) is 24.1 Å². The number of benzene rings is 1. The van der Waals surface area contributed by atoms with Gasteiger partial charge in [0.05, 0.1) is 24.8 Å². The highest BCUT2D eigenvalue weighted by Gasteiger charge is 2.25. The van der Waals surface area contributed by atoms with Gasteiger partial charge in [0.15, 0.2) is 17.4 Å². The minimum Gasteiger partial charge on any atom is -0.460 e. The fourth-order valence-electron chi connectivity index (χ4n) is 4.35. The maximum atomic E-state index is 5.82. The molecule has 5 aromatic rings. The Bertz CT molecular complexity index is 1440. The molecule has 1 fully saturated rings. The van der Waals surface area contributed by atoms with Gasteiger partial charge in [0.1, 0.15) is 17.0 Å². The molecule has 32 heavy (non-hydrogen) atoms. The van der Waals surface area contributed by atoms with Crippen molar-refractivity contribution in [3.05, 3.63) is 60.5 Å². The zero-order chi connectivity index (χ0) is 21.7. The molecule has 7 heteroatoms. The number of fused-ring (bicyclic) bond motifs is 2. The third-order valence-corrected chi connectivity index (χ3v) is 5.99. The number of ether oxygens (including phenoxy) is 1. The number of morpholine rings is 1. The Balaban J connectivity index is 1.59. The van der Waals surface area contributed by atoms with E-state index in [0.717, 1.165) is 57.1 Å². The van der Waals surface area contributed by atoms with Gasteiger partial charge in [-0.2, -0.15) is 0 Å². The van der Waals surface area contributed by atoms with Crippen LogP contribution in [0.15, 0.2) is 59.1 Å². The molecule has 0 aliphatic carbocycles. The first-order chi connectivity index (χ1) is 15.7. The molecule has 7 nitrogen and oxygen atoms in total. The molecule has 0 radical (unpaired) electrons. The van der Waals surface area contributed by atoms with E-state index in [0.29, 0.717) is 19.0 Å². The fraction of sp³-hybridized carbons (Fsp3) is 0.240. The van der Waals surface area contributed by atoms with Crippen molar-refractivity contribution in [2.75, 3.05) is 24.7 Å². The second kappa shape index (κ2) is 7.46. The highest BCUT2D eigenvalue weighted by molar-refractivity contribution is 5.96. The highest BCUT2D eigenvalue weighted by atomic mass is 16.5. The molecule has 1 aliphatic heterocycles. The van der Waals surface area contributed by atoms with Crippen LogP contribution in [0.3, 0.4) is 0 Å². The predicted octanol–water partition coefficient (Wildman–Crippen LogP) is 4.97. The van der Waals surface area contributed by atoms with E-state index in [-0.39, 0.29) is 6.04 Å². The molecule has 0 amide bonds. The molecule has 1 saturated heterocycles. The van der Waals surface area contributed by atoms with Crippen molar-refractivity contribution in [3.63, 3.8) is 0 Å². The van der Waals surface area contributed by atoms with E-state index in [9.17, 15) is 0 Å². The lowest BCUT2D eigenvalue weighted by molar-refractivity contribution is 0.0987. The zero-order valence-corrected chi connectivity index (χ0v) is 18.0. The number of anilines is 1. The number of furan rings is 1. The first kappa shape index (κ1) is 19.0.